The van der Waals surface area contributed by atoms with Gasteiger partial charge < -0.3 is 10.5 Å². The molecular formula is C12H15F2NO. The van der Waals surface area contributed by atoms with Gasteiger partial charge in [-0.15, -0.1) is 0 Å². The number of rotatable bonds is 3. The molecular weight excluding hydrogens is 212 g/mol. The van der Waals surface area contributed by atoms with Gasteiger partial charge in [0, 0.05) is 6.04 Å². The molecule has 1 atom stereocenters. The van der Waals surface area contributed by atoms with Gasteiger partial charge in [-0.25, -0.2) is 8.78 Å². The molecule has 0 heterocycles. The lowest BCUT2D eigenvalue weighted by atomic mass is 9.88. The van der Waals surface area contributed by atoms with Crippen molar-refractivity contribution in [2.24, 2.45) is 5.73 Å². The van der Waals surface area contributed by atoms with Gasteiger partial charge in [0.15, 0.2) is 0 Å². The second-order valence-electron chi connectivity index (χ2n) is 4.06. The van der Waals surface area contributed by atoms with Crippen molar-refractivity contribution >= 4 is 0 Å². The molecule has 0 aliphatic heterocycles. The van der Waals surface area contributed by atoms with Crippen LogP contribution in [-0.4, -0.2) is 13.0 Å². The molecule has 0 bridgehead atoms. The van der Waals surface area contributed by atoms with Crippen LogP contribution in [0.3, 0.4) is 0 Å². The molecule has 0 amide bonds. The zero-order valence-corrected chi connectivity index (χ0v) is 8.96. The van der Waals surface area contributed by atoms with Crippen molar-refractivity contribution in [3.63, 3.8) is 0 Å². The summed E-state index contributed by atoms with van der Waals surface area (Å²) in [5.41, 5.74) is 8.22. The van der Waals surface area contributed by atoms with Crippen LogP contribution in [-0.2, 0) is 6.42 Å². The number of benzene rings is 1. The molecule has 1 aliphatic carbocycles. The van der Waals surface area contributed by atoms with E-state index in [0.29, 0.717) is 5.75 Å². The van der Waals surface area contributed by atoms with Crippen LogP contribution < -0.4 is 10.5 Å². The summed E-state index contributed by atoms with van der Waals surface area (Å²) < 4.78 is 28.9. The molecule has 0 saturated heterocycles. The molecule has 0 aromatic heterocycles. The van der Waals surface area contributed by atoms with E-state index in [1.54, 1.807) is 12.1 Å². The van der Waals surface area contributed by atoms with Gasteiger partial charge in [-0.05, 0) is 42.5 Å². The molecule has 0 fully saturated rings. The lowest BCUT2D eigenvalue weighted by Crippen LogP contribution is -2.17. The maximum atomic E-state index is 12.0. The van der Waals surface area contributed by atoms with Crippen LogP contribution in [0.1, 0.15) is 30.0 Å². The molecule has 2 N–H and O–H groups in total. The number of nitrogens with two attached hydrogens (primary N) is 1. The van der Waals surface area contributed by atoms with E-state index in [0.717, 1.165) is 24.8 Å². The summed E-state index contributed by atoms with van der Waals surface area (Å²) >= 11 is 0. The smallest absolute Gasteiger partial charge is 0.272 e. The summed E-state index contributed by atoms with van der Waals surface area (Å²) in [5, 5.41) is 0. The lowest BCUT2D eigenvalue weighted by molar-refractivity contribution is 0.0818. The summed E-state index contributed by atoms with van der Waals surface area (Å²) in [6.45, 7) is -0.561. The molecule has 1 aromatic carbocycles. The molecule has 4 heteroatoms. The maximum Gasteiger partial charge on any atom is 0.272 e. The van der Waals surface area contributed by atoms with Gasteiger partial charge in [0.2, 0.25) is 0 Å². The predicted octanol–water partition coefficient (Wildman–Crippen LogP) is 2.67. The first-order chi connectivity index (χ1) is 7.66. The van der Waals surface area contributed by atoms with Crippen LogP contribution >= 0.6 is 0 Å². The summed E-state index contributed by atoms with van der Waals surface area (Å²) in [5.74, 6) is 0.483. The van der Waals surface area contributed by atoms with E-state index in [1.165, 1.54) is 5.56 Å². The molecule has 1 aliphatic rings. The monoisotopic (exact) mass is 227 g/mol. The van der Waals surface area contributed by atoms with E-state index in [-0.39, 0.29) is 6.04 Å². The summed E-state index contributed by atoms with van der Waals surface area (Å²) in [6, 6.07) is 5.47. The first kappa shape index (κ1) is 11.3. The third-order valence-corrected chi connectivity index (χ3v) is 2.85. The number of aryl methyl sites for hydroxylation is 1. The Morgan fingerprint density at radius 2 is 2.25 bits per heavy atom. The van der Waals surface area contributed by atoms with Gasteiger partial charge >= 0.3 is 0 Å². The highest BCUT2D eigenvalue weighted by molar-refractivity contribution is 5.39. The highest BCUT2D eigenvalue weighted by Gasteiger charge is 2.17. The van der Waals surface area contributed by atoms with Crippen LogP contribution in [0, 0.1) is 0 Å². The second-order valence-corrected chi connectivity index (χ2v) is 4.06. The Balaban J connectivity index is 2.14. The summed E-state index contributed by atoms with van der Waals surface area (Å²) in [4.78, 5) is 0. The first-order valence-electron chi connectivity index (χ1n) is 5.46. The Morgan fingerprint density at radius 3 is 3.00 bits per heavy atom. The average Bonchev–Trinajstić information content (AvgIpc) is 2.27. The fourth-order valence-corrected chi connectivity index (χ4v) is 2.06. The van der Waals surface area contributed by atoms with E-state index in [2.05, 4.69) is 0 Å². The molecule has 0 radical (unpaired) electrons. The van der Waals surface area contributed by atoms with Crippen LogP contribution in [0.15, 0.2) is 18.2 Å². The molecule has 2 rings (SSSR count). The summed E-state index contributed by atoms with van der Waals surface area (Å²) in [6.07, 6.45) is 0.610. The highest BCUT2D eigenvalue weighted by atomic mass is 19.3. The molecule has 1 aromatic rings. The lowest BCUT2D eigenvalue weighted by Gasteiger charge is -2.22. The van der Waals surface area contributed by atoms with Crippen molar-refractivity contribution in [2.75, 3.05) is 6.61 Å². The Labute approximate surface area is 93.4 Å². The van der Waals surface area contributed by atoms with Crippen LogP contribution in [0.25, 0.3) is 0 Å². The predicted molar refractivity (Wildman–Crippen MR) is 57.8 cm³/mol. The van der Waals surface area contributed by atoms with Crippen molar-refractivity contribution in [3.8, 4) is 5.75 Å². The third kappa shape index (κ3) is 2.50. The van der Waals surface area contributed by atoms with E-state index in [9.17, 15) is 8.78 Å². The maximum absolute atomic E-state index is 12.0. The molecule has 16 heavy (non-hydrogen) atoms. The quantitative estimate of drug-likeness (QED) is 0.861. The van der Waals surface area contributed by atoms with Crippen molar-refractivity contribution in [1.82, 2.24) is 0 Å². The third-order valence-electron chi connectivity index (χ3n) is 2.85. The van der Waals surface area contributed by atoms with Gasteiger partial charge in [0.05, 0.1) is 0 Å². The second kappa shape index (κ2) is 4.78. The standard InChI is InChI=1S/C12H15F2NO/c13-12(14)7-16-9-5-4-8-2-1-3-11(15)10(8)6-9/h4-6,11-12H,1-3,7,15H2/t11-/m1/s1. The van der Waals surface area contributed by atoms with Crippen LogP contribution in [0.2, 0.25) is 0 Å². The normalized spacial score (nSPS) is 19.6. The largest absolute Gasteiger partial charge is 0.488 e. The first-order valence-corrected chi connectivity index (χ1v) is 5.46. The topological polar surface area (TPSA) is 35.2 Å². The van der Waals surface area contributed by atoms with Crippen molar-refractivity contribution in [1.29, 1.82) is 0 Å². The van der Waals surface area contributed by atoms with Crippen molar-refractivity contribution in [3.05, 3.63) is 29.3 Å². The minimum atomic E-state index is -2.44. The fourth-order valence-electron chi connectivity index (χ4n) is 2.06. The van der Waals surface area contributed by atoms with Crippen LogP contribution in [0.4, 0.5) is 8.78 Å². The zero-order chi connectivity index (χ0) is 11.5. The minimum absolute atomic E-state index is 0.0128. The SMILES string of the molecule is N[C@@H]1CCCc2ccc(OCC(F)F)cc21. The average molecular weight is 227 g/mol. The van der Waals surface area contributed by atoms with E-state index in [1.807, 2.05) is 6.07 Å². The number of hydrogen-bond acceptors (Lipinski definition) is 2. The number of ether oxygens (including phenoxy) is 1. The Kier molecular flexibility index (Phi) is 3.39. The molecule has 0 spiro atoms. The van der Waals surface area contributed by atoms with E-state index >= 15 is 0 Å². The number of halogens is 2. The van der Waals surface area contributed by atoms with Crippen LogP contribution in [0.5, 0.6) is 5.75 Å². The van der Waals surface area contributed by atoms with Crippen molar-refractivity contribution < 1.29 is 13.5 Å². The number of hydrogen-bond donors (Lipinski definition) is 1. The Morgan fingerprint density at radius 1 is 1.44 bits per heavy atom. The van der Waals surface area contributed by atoms with Gasteiger partial charge in [-0.1, -0.05) is 6.07 Å². The van der Waals surface area contributed by atoms with E-state index < -0.39 is 13.0 Å². The highest BCUT2D eigenvalue weighted by Crippen LogP contribution is 2.30. The van der Waals surface area contributed by atoms with Gasteiger partial charge in [0.1, 0.15) is 12.4 Å². The Hall–Kier alpha value is -1.16. The Bertz CT molecular complexity index is 368. The molecule has 88 valence electrons. The molecule has 2 nitrogen and oxygen atoms in total. The number of alkyl halides is 2. The molecule has 0 saturated carbocycles. The van der Waals surface area contributed by atoms with Gasteiger partial charge in [-0.3, -0.25) is 0 Å². The zero-order valence-electron chi connectivity index (χ0n) is 8.96. The molecule has 0 unspecified atom stereocenters. The van der Waals surface area contributed by atoms with Gasteiger partial charge in [-0.2, -0.15) is 0 Å². The summed E-state index contributed by atoms with van der Waals surface area (Å²) in [7, 11) is 0. The number of fused-ring (bicyclic) bond motifs is 1. The van der Waals surface area contributed by atoms with Crippen molar-refractivity contribution in [2.45, 2.75) is 31.7 Å². The van der Waals surface area contributed by atoms with E-state index in [4.69, 9.17) is 10.5 Å². The minimum Gasteiger partial charge on any atom is -0.488 e. The fraction of sp³-hybridized carbons (Fsp3) is 0.500. The van der Waals surface area contributed by atoms with Gasteiger partial charge in [0.25, 0.3) is 6.43 Å².